The molecule has 0 saturated heterocycles. The molecule has 1 aromatic rings. The number of benzene rings is 1. The highest BCUT2D eigenvalue weighted by Gasteiger charge is 2.26. The molecule has 4 atom stereocenters. The van der Waals surface area contributed by atoms with Crippen LogP contribution in [0.4, 0.5) is 0 Å². The van der Waals surface area contributed by atoms with Gasteiger partial charge in [0, 0.05) is 46.5 Å². The molecule has 0 spiro atoms. The van der Waals surface area contributed by atoms with Crippen LogP contribution in [-0.2, 0) is 9.47 Å². The lowest BCUT2D eigenvalue weighted by atomic mass is 9.87. The van der Waals surface area contributed by atoms with Crippen molar-refractivity contribution in [3.05, 3.63) is 29.8 Å². The first-order chi connectivity index (χ1) is 17.0. The number of rotatable bonds is 18. The Morgan fingerprint density at radius 3 is 2.33 bits per heavy atom. The van der Waals surface area contributed by atoms with Crippen molar-refractivity contribution in [1.29, 1.82) is 0 Å². The summed E-state index contributed by atoms with van der Waals surface area (Å²) in [7, 11) is 3.38. The van der Waals surface area contributed by atoms with Gasteiger partial charge >= 0.3 is 0 Å². The van der Waals surface area contributed by atoms with Crippen molar-refractivity contribution in [3.8, 4) is 5.75 Å². The smallest absolute Gasteiger partial charge is 0.255 e. The zero-order chi connectivity index (χ0) is 27.1. The van der Waals surface area contributed by atoms with Crippen LogP contribution in [0.25, 0.3) is 0 Å². The Hall–Kier alpha value is -1.71. The normalized spacial score (nSPS) is 15.4. The molecule has 0 heterocycles. The highest BCUT2D eigenvalue weighted by molar-refractivity contribution is 5.96. The number of methoxy groups -OCH3 is 2. The maximum absolute atomic E-state index is 12.9. The summed E-state index contributed by atoms with van der Waals surface area (Å²) in [5, 5.41) is 17.0. The predicted molar refractivity (Wildman–Crippen MR) is 145 cm³/mol. The molecule has 1 rings (SSSR count). The molecular weight excluding hydrogens is 458 g/mol. The van der Waals surface area contributed by atoms with Crippen molar-refractivity contribution >= 4 is 5.91 Å². The van der Waals surface area contributed by atoms with Crippen LogP contribution in [0.15, 0.2) is 24.3 Å². The molecule has 36 heavy (non-hydrogen) atoms. The van der Waals surface area contributed by atoms with Crippen LogP contribution >= 0.6 is 0 Å². The number of hydrogen-bond donors (Lipinski definition) is 4. The average molecular weight is 510 g/mol. The molecule has 5 N–H and O–H groups in total. The van der Waals surface area contributed by atoms with Crippen molar-refractivity contribution < 1.29 is 24.1 Å². The number of carbonyl (C=O) groups excluding carboxylic acids is 1. The summed E-state index contributed by atoms with van der Waals surface area (Å²) in [6.07, 6.45) is 1.72. The summed E-state index contributed by atoms with van der Waals surface area (Å²) < 4.78 is 16.5. The Labute approximate surface area is 218 Å². The van der Waals surface area contributed by atoms with E-state index in [1.807, 2.05) is 18.2 Å². The van der Waals surface area contributed by atoms with Gasteiger partial charge in [-0.25, -0.2) is 0 Å². The first-order valence-electron chi connectivity index (χ1n) is 13.2. The SMILES string of the molecule is COCCCCOc1ccccc1C(=O)NC[C@@H](C[C@H](N)[C@@H](O)CNC[C@H](OC)C(C)(C)C)C(C)C. The van der Waals surface area contributed by atoms with Crippen LogP contribution < -0.4 is 21.1 Å². The summed E-state index contributed by atoms with van der Waals surface area (Å²) >= 11 is 0. The summed E-state index contributed by atoms with van der Waals surface area (Å²) in [4.78, 5) is 12.9. The Morgan fingerprint density at radius 1 is 1.06 bits per heavy atom. The molecule has 0 fully saturated rings. The zero-order valence-electron chi connectivity index (χ0n) is 23.5. The fourth-order valence-electron chi connectivity index (χ4n) is 3.98. The van der Waals surface area contributed by atoms with Gasteiger partial charge in [-0.1, -0.05) is 46.8 Å². The van der Waals surface area contributed by atoms with Gasteiger partial charge in [-0.05, 0) is 48.6 Å². The second-order valence-corrected chi connectivity index (χ2v) is 11.0. The van der Waals surface area contributed by atoms with E-state index in [1.54, 1.807) is 20.3 Å². The van der Waals surface area contributed by atoms with E-state index in [4.69, 9.17) is 19.9 Å². The van der Waals surface area contributed by atoms with Gasteiger partial charge in [-0.2, -0.15) is 0 Å². The van der Waals surface area contributed by atoms with Crippen molar-refractivity contribution in [2.24, 2.45) is 23.0 Å². The molecule has 0 aliphatic carbocycles. The second-order valence-electron chi connectivity index (χ2n) is 11.0. The third-order valence-corrected chi connectivity index (χ3v) is 6.60. The quantitative estimate of drug-likeness (QED) is 0.225. The molecule has 0 aliphatic heterocycles. The number of unbranched alkanes of at least 4 members (excludes halogenated alkanes) is 1. The van der Waals surface area contributed by atoms with Crippen molar-refractivity contribution in [2.75, 3.05) is 47.1 Å². The summed E-state index contributed by atoms with van der Waals surface area (Å²) in [6.45, 7) is 13.3. The molecule has 0 aromatic heterocycles. The standard InChI is InChI=1S/C28H51N3O5/c1-20(2)21(16-23(29)24(32)18-30-19-26(35-7)28(3,4)5)17-31-27(33)22-12-8-9-13-25(22)36-15-11-10-14-34-6/h8-9,12-13,20-21,23-24,26,30,32H,10-11,14-19,29H2,1-7H3,(H,31,33)/t21-,23+,24+,26+/m1/s1. The Kier molecular flexibility index (Phi) is 15.2. The summed E-state index contributed by atoms with van der Waals surface area (Å²) in [5.41, 5.74) is 6.88. The first kappa shape index (κ1) is 32.3. The minimum Gasteiger partial charge on any atom is -0.493 e. The Balaban J connectivity index is 2.59. The lowest BCUT2D eigenvalue weighted by Crippen LogP contribution is -2.47. The first-order valence-corrected chi connectivity index (χ1v) is 13.2. The molecule has 8 nitrogen and oxygen atoms in total. The molecule has 1 amide bonds. The lowest BCUT2D eigenvalue weighted by Gasteiger charge is -2.31. The van der Waals surface area contributed by atoms with Crippen LogP contribution in [0, 0.1) is 17.3 Å². The van der Waals surface area contributed by atoms with Crippen LogP contribution in [0.1, 0.15) is 64.2 Å². The second kappa shape index (κ2) is 16.9. The van der Waals surface area contributed by atoms with Gasteiger partial charge in [-0.15, -0.1) is 0 Å². The maximum Gasteiger partial charge on any atom is 0.255 e. The van der Waals surface area contributed by atoms with E-state index in [-0.39, 0.29) is 23.3 Å². The van der Waals surface area contributed by atoms with Gasteiger partial charge in [0.15, 0.2) is 0 Å². The van der Waals surface area contributed by atoms with E-state index in [1.165, 1.54) is 0 Å². The van der Waals surface area contributed by atoms with Gasteiger partial charge in [0.1, 0.15) is 5.75 Å². The molecule has 8 heteroatoms. The van der Waals surface area contributed by atoms with Crippen LogP contribution in [-0.4, -0.2) is 76.3 Å². The number of amides is 1. The Morgan fingerprint density at radius 2 is 1.72 bits per heavy atom. The van der Waals surface area contributed by atoms with Gasteiger partial charge in [0.25, 0.3) is 5.91 Å². The topological polar surface area (TPSA) is 115 Å². The van der Waals surface area contributed by atoms with E-state index in [2.05, 4.69) is 45.3 Å². The number of aliphatic hydroxyl groups excluding tert-OH is 1. The van der Waals surface area contributed by atoms with Gasteiger partial charge in [0.2, 0.25) is 0 Å². The van der Waals surface area contributed by atoms with E-state index >= 15 is 0 Å². The zero-order valence-corrected chi connectivity index (χ0v) is 23.5. The van der Waals surface area contributed by atoms with Gasteiger partial charge in [-0.3, -0.25) is 4.79 Å². The van der Waals surface area contributed by atoms with Crippen molar-refractivity contribution in [1.82, 2.24) is 10.6 Å². The highest BCUT2D eigenvalue weighted by Crippen LogP contribution is 2.22. The maximum atomic E-state index is 12.9. The molecule has 1 aromatic carbocycles. The molecule has 0 bridgehead atoms. The monoisotopic (exact) mass is 509 g/mol. The van der Waals surface area contributed by atoms with Crippen molar-refractivity contribution in [2.45, 2.75) is 72.1 Å². The number of carbonyl (C=O) groups is 1. The van der Waals surface area contributed by atoms with E-state index in [0.717, 1.165) is 12.8 Å². The third-order valence-electron chi connectivity index (χ3n) is 6.60. The molecule has 208 valence electrons. The highest BCUT2D eigenvalue weighted by atomic mass is 16.5. The van der Waals surface area contributed by atoms with Crippen LogP contribution in [0.2, 0.25) is 0 Å². The number of aliphatic hydroxyl groups is 1. The van der Waals surface area contributed by atoms with E-state index < -0.39 is 12.1 Å². The predicted octanol–water partition coefficient (Wildman–Crippen LogP) is 3.22. The van der Waals surface area contributed by atoms with Gasteiger partial charge < -0.3 is 35.7 Å². The van der Waals surface area contributed by atoms with E-state index in [0.29, 0.717) is 56.5 Å². The third kappa shape index (κ3) is 12.0. The Bertz CT molecular complexity index is 738. The number of nitrogens with one attached hydrogen (secondary N) is 2. The summed E-state index contributed by atoms with van der Waals surface area (Å²) in [5.74, 6) is 0.831. The molecule has 0 saturated carbocycles. The molecule has 0 radical (unpaired) electrons. The molecule has 0 aliphatic rings. The number of nitrogens with two attached hydrogens (primary N) is 1. The number of para-hydroxylation sites is 1. The van der Waals surface area contributed by atoms with Crippen LogP contribution in [0.3, 0.4) is 0 Å². The van der Waals surface area contributed by atoms with Crippen molar-refractivity contribution in [3.63, 3.8) is 0 Å². The van der Waals surface area contributed by atoms with E-state index in [9.17, 15) is 9.90 Å². The molecule has 0 unspecified atom stereocenters. The molecular formula is C28H51N3O5. The number of hydrogen-bond acceptors (Lipinski definition) is 7. The van der Waals surface area contributed by atoms with Gasteiger partial charge in [0.05, 0.1) is 24.4 Å². The largest absolute Gasteiger partial charge is 0.493 e. The minimum absolute atomic E-state index is 0.00341. The fraction of sp³-hybridized carbons (Fsp3) is 0.750. The fourth-order valence-corrected chi connectivity index (χ4v) is 3.98. The summed E-state index contributed by atoms with van der Waals surface area (Å²) in [6, 6.07) is 6.89. The average Bonchev–Trinajstić information content (AvgIpc) is 2.83. The minimum atomic E-state index is -0.688. The van der Waals surface area contributed by atoms with Crippen LogP contribution in [0.5, 0.6) is 5.75 Å². The number of ether oxygens (including phenoxy) is 3. The lowest BCUT2D eigenvalue weighted by molar-refractivity contribution is 0.0145.